The van der Waals surface area contributed by atoms with Crippen molar-refractivity contribution in [2.45, 2.75) is 31.2 Å². The van der Waals surface area contributed by atoms with Crippen LogP contribution in [0.15, 0.2) is 71.7 Å². The van der Waals surface area contributed by atoms with Crippen LogP contribution in [0.2, 0.25) is 0 Å². The Morgan fingerprint density at radius 2 is 1.65 bits per heavy atom. The Labute approximate surface area is 214 Å². The molecule has 0 radical (unpaired) electrons. The fourth-order valence-electron chi connectivity index (χ4n) is 5.15. The maximum atomic E-state index is 13.7. The molecule has 0 fully saturated rings. The highest BCUT2D eigenvalue weighted by molar-refractivity contribution is 7.85. The van der Waals surface area contributed by atoms with E-state index in [4.69, 9.17) is 10.3 Å². The van der Waals surface area contributed by atoms with Crippen LogP contribution in [0, 0.1) is 0 Å². The van der Waals surface area contributed by atoms with Crippen molar-refractivity contribution in [1.29, 1.82) is 0 Å². The maximum Gasteiger partial charge on any atom is 0.264 e. The lowest BCUT2D eigenvalue weighted by Gasteiger charge is -2.28. The summed E-state index contributed by atoms with van der Waals surface area (Å²) in [5.74, 6) is -1.33. The first-order chi connectivity index (χ1) is 17.7. The van der Waals surface area contributed by atoms with Gasteiger partial charge in [-0.25, -0.2) is 4.99 Å². The molecule has 1 heterocycles. The van der Waals surface area contributed by atoms with E-state index in [-0.39, 0.29) is 29.9 Å². The number of fused-ring (bicyclic) bond motifs is 2. The number of carbonyl (C=O) groups excluding carboxylic acids is 2. The topological polar surface area (TPSA) is 139 Å². The Hall–Kier alpha value is -3.66. The first kappa shape index (κ1) is 25.0. The van der Waals surface area contributed by atoms with Crippen LogP contribution in [0.1, 0.15) is 52.2 Å². The van der Waals surface area contributed by atoms with Crippen molar-refractivity contribution < 1.29 is 22.6 Å². The molecule has 0 bridgehead atoms. The molecular formula is C28H27N3O5S. The van der Waals surface area contributed by atoms with Gasteiger partial charge in [0, 0.05) is 29.1 Å². The number of anilines is 1. The van der Waals surface area contributed by atoms with E-state index in [0.29, 0.717) is 46.8 Å². The van der Waals surface area contributed by atoms with Crippen molar-refractivity contribution in [3.63, 3.8) is 0 Å². The molecule has 1 amide bonds. The second-order valence-electron chi connectivity index (χ2n) is 9.37. The van der Waals surface area contributed by atoms with Crippen molar-refractivity contribution >= 4 is 33.1 Å². The Bertz CT molecular complexity index is 1620. The fourth-order valence-corrected chi connectivity index (χ4v) is 5.68. The van der Waals surface area contributed by atoms with Crippen molar-refractivity contribution in [3.05, 3.63) is 99.6 Å². The van der Waals surface area contributed by atoms with E-state index in [1.807, 2.05) is 48.5 Å². The van der Waals surface area contributed by atoms with E-state index in [1.54, 1.807) is 18.2 Å². The summed E-state index contributed by atoms with van der Waals surface area (Å²) in [6.07, 6.45) is 1.26. The van der Waals surface area contributed by atoms with Crippen LogP contribution in [-0.2, 0) is 14.9 Å². The molecule has 1 aliphatic heterocycles. The molecular weight excluding hydrogens is 490 g/mol. The summed E-state index contributed by atoms with van der Waals surface area (Å²) < 4.78 is 30.7. The van der Waals surface area contributed by atoms with Crippen molar-refractivity contribution in [2.75, 3.05) is 17.6 Å². The lowest BCUT2D eigenvalue weighted by Crippen LogP contribution is -2.44. The molecule has 9 heteroatoms. The molecule has 1 aliphatic carbocycles. The second kappa shape index (κ2) is 10.0. The number of rotatable bonds is 9. The number of amides is 1. The van der Waals surface area contributed by atoms with Gasteiger partial charge in [0.25, 0.3) is 16.0 Å². The normalized spacial score (nSPS) is 17.0. The minimum absolute atomic E-state index is 0.132. The third kappa shape index (κ3) is 4.98. The van der Waals surface area contributed by atoms with Crippen LogP contribution < -0.4 is 21.6 Å². The van der Waals surface area contributed by atoms with Crippen LogP contribution in [-0.4, -0.2) is 43.0 Å². The van der Waals surface area contributed by atoms with Gasteiger partial charge in [0.2, 0.25) is 0 Å². The Morgan fingerprint density at radius 1 is 0.946 bits per heavy atom. The van der Waals surface area contributed by atoms with Crippen molar-refractivity contribution in [1.82, 2.24) is 0 Å². The van der Waals surface area contributed by atoms with Gasteiger partial charge in [-0.15, -0.1) is 0 Å². The summed E-state index contributed by atoms with van der Waals surface area (Å²) in [4.78, 5) is 31.4. The van der Waals surface area contributed by atoms with Gasteiger partial charge in [0.1, 0.15) is 0 Å². The molecule has 3 aromatic carbocycles. The predicted molar refractivity (Wildman–Crippen MR) is 141 cm³/mol. The van der Waals surface area contributed by atoms with Crippen LogP contribution in [0.4, 0.5) is 5.69 Å². The third-order valence-electron chi connectivity index (χ3n) is 6.85. The number of nitrogens with zero attached hydrogens (tertiary/aromatic N) is 1. The van der Waals surface area contributed by atoms with Gasteiger partial charge in [-0.2, -0.15) is 8.42 Å². The number of benzene rings is 3. The second-order valence-corrected chi connectivity index (χ2v) is 10.9. The molecule has 2 atom stereocenters. The Kier molecular flexibility index (Phi) is 6.76. The first-order valence-corrected chi connectivity index (χ1v) is 13.8. The quantitative estimate of drug-likeness (QED) is 0.370. The number of carbonyl (C=O) groups is 2. The predicted octanol–water partition coefficient (Wildman–Crippen LogP) is 2.17. The minimum atomic E-state index is -4.00. The van der Waals surface area contributed by atoms with Gasteiger partial charge in [-0.1, -0.05) is 54.6 Å². The zero-order chi connectivity index (χ0) is 26.2. The zero-order valence-corrected chi connectivity index (χ0v) is 20.9. The van der Waals surface area contributed by atoms with Crippen LogP contribution in [0.3, 0.4) is 0 Å². The van der Waals surface area contributed by atoms with Gasteiger partial charge in [0.05, 0.1) is 22.6 Å². The Balaban J connectivity index is 1.53. The van der Waals surface area contributed by atoms with Gasteiger partial charge in [-0.05, 0) is 48.1 Å². The highest BCUT2D eigenvalue weighted by atomic mass is 32.2. The van der Waals surface area contributed by atoms with E-state index in [1.165, 1.54) is 0 Å². The number of nitrogens with two attached hydrogens (primary N) is 1. The van der Waals surface area contributed by atoms with Gasteiger partial charge < -0.3 is 11.1 Å². The molecule has 0 saturated heterocycles. The molecule has 3 aromatic rings. The summed E-state index contributed by atoms with van der Waals surface area (Å²) in [6, 6.07) is 20.1. The molecule has 2 aliphatic rings. The lowest BCUT2D eigenvalue weighted by molar-refractivity contribution is -0.118. The fraction of sp³-hybridized carbons (Fsp3) is 0.250. The monoisotopic (exact) mass is 517 g/mol. The average Bonchev–Trinajstić information content (AvgIpc) is 2.87. The highest BCUT2D eigenvalue weighted by Gasteiger charge is 2.36. The SMILES string of the molecule is NC(CCCS(=O)(=O)O)CCNc1ccc2c3c1C(=O)c1ccccc1C=3C(c1ccccc1)C(=O)N=2. The van der Waals surface area contributed by atoms with Crippen molar-refractivity contribution in [3.8, 4) is 0 Å². The average molecular weight is 518 g/mol. The zero-order valence-electron chi connectivity index (χ0n) is 20.1. The van der Waals surface area contributed by atoms with E-state index < -0.39 is 16.0 Å². The maximum absolute atomic E-state index is 13.7. The Morgan fingerprint density at radius 3 is 2.38 bits per heavy atom. The number of nitrogens with one attached hydrogen (secondary N) is 1. The van der Waals surface area contributed by atoms with Crippen molar-refractivity contribution in [2.24, 2.45) is 10.7 Å². The van der Waals surface area contributed by atoms with Crippen LogP contribution in [0.25, 0.3) is 5.57 Å². The molecule has 190 valence electrons. The summed E-state index contributed by atoms with van der Waals surface area (Å²) in [5.41, 5.74) is 10.2. The standard InChI is InChI=1S/C28H27N3O5S/c29-18(9-6-16-37(34,35)36)14-15-30-21-12-13-22-25-24(19-10-4-5-11-20(19)27(32)26(21)25)23(28(33)31-22)17-7-2-1-3-8-17/h1-5,7-8,10-13,18,23,30H,6,9,14-16,29H2,(H,34,35,36). The molecule has 2 unspecified atom stereocenters. The van der Waals surface area contributed by atoms with Gasteiger partial charge in [0.15, 0.2) is 5.78 Å². The number of ketones is 1. The smallest absolute Gasteiger partial charge is 0.264 e. The summed E-state index contributed by atoms with van der Waals surface area (Å²) in [6.45, 7) is 0.460. The van der Waals surface area contributed by atoms with Crippen LogP contribution >= 0.6 is 0 Å². The highest BCUT2D eigenvalue weighted by Crippen LogP contribution is 2.37. The summed E-state index contributed by atoms with van der Waals surface area (Å²) in [7, 11) is -4.00. The first-order valence-electron chi connectivity index (χ1n) is 12.2. The van der Waals surface area contributed by atoms with Gasteiger partial charge in [-0.3, -0.25) is 14.1 Å². The lowest BCUT2D eigenvalue weighted by atomic mass is 9.76. The van der Waals surface area contributed by atoms with E-state index in [9.17, 15) is 18.0 Å². The van der Waals surface area contributed by atoms with E-state index in [2.05, 4.69) is 10.3 Å². The molecule has 37 heavy (non-hydrogen) atoms. The largest absolute Gasteiger partial charge is 0.384 e. The van der Waals surface area contributed by atoms with E-state index >= 15 is 0 Å². The molecule has 4 N–H and O–H groups in total. The van der Waals surface area contributed by atoms with E-state index in [0.717, 1.165) is 16.7 Å². The van der Waals surface area contributed by atoms with Gasteiger partial charge >= 0.3 is 0 Å². The minimum Gasteiger partial charge on any atom is -0.384 e. The number of hydrogen-bond donors (Lipinski definition) is 3. The molecule has 0 saturated carbocycles. The number of hydrogen-bond acceptors (Lipinski definition) is 6. The molecule has 8 nitrogen and oxygen atoms in total. The van der Waals surface area contributed by atoms with Crippen LogP contribution in [0.5, 0.6) is 0 Å². The summed E-state index contributed by atoms with van der Waals surface area (Å²) in [5, 5.41) is 4.49. The molecule has 5 rings (SSSR count). The third-order valence-corrected chi connectivity index (χ3v) is 7.65. The summed E-state index contributed by atoms with van der Waals surface area (Å²) >= 11 is 0. The molecule has 0 aromatic heterocycles. The molecule has 0 spiro atoms.